The van der Waals surface area contributed by atoms with Gasteiger partial charge in [0.15, 0.2) is 6.10 Å². The van der Waals surface area contributed by atoms with Gasteiger partial charge >= 0.3 is 5.97 Å². The SMILES string of the molecule is Cc1nn(C)c2sc(C(=O)O[C@@H](C)c3nc4ccccc4[nH]3)cc12. The molecule has 0 aliphatic heterocycles. The molecular formula is C17H16N4O2S. The fourth-order valence-electron chi connectivity index (χ4n) is 2.75. The maximum atomic E-state index is 12.5. The summed E-state index contributed by atoms with van der Waals surface area (Å²) in [5.41, 5.74) is 2.70. The van der Waals surface area contributed by atoms with E-state index in [1.165, 1.54) is 11.3 Å². The first-order valence-corrected chi connectivity index (χ1v) is 8.43. The lowest BCUT2D eigenvalue weighted by Crippen LogP contribution is -2.09. The predicted octanol–water partition coefficient (Wildman–Crippen LogP) is 3.74. The van der Waals surface area contributed by atoms with E-state index in [9.17, 15) is 4.79 Å². The number of nitrogens with zero attached hydrogens (tertiary/aromatic N) is 3. The molecule has 0 radical (unpaired) electrons. The van der Waals surface area contributed by atoms with Crippen LogP contribution in [0, 0.1) is 6.92 Å². The Morgan fingerprint density at radius 1 is 1.38 bits per heavy atom. The van der Waals surface area contributed by atoms with E-state index in [1.54, 1.807) is 4.68 Å². The fourth-order valence-corrected chi connectivity index (χ4v) is 3.75. The Labute approximate surface area is 142 Å². The van der Waals surface area contributed by atoms with Crippen LogP contribution in [0.1, 0.15) is 34.2 Å². The second-order valence-electron chi connectivity index (χ2n) is 5.73. The lowest BCUT2D eigenvalue weighted by molar-refractivity contribution is 0.0328. The quantitative estimate of drug-likeness (QED) is 0.577. The Hall–Kier alpha value is -2.67. The maximum Gasteiger partial charge on any atom is 0.349 e. The van der Waals surface area contributed by atoms with E-state index in [0.29, 0.717) is 10.7 Å². The third kappa shape index (κ3) is 2.37. The van der Waals surface area contributed by atoms with E-state index in [2.05, 4.69) is 15.1 Å². The highest BCUT2D eigenvalue weighted by Crippen LogP contribution is 2.29. The monoisotopic (exact) mass is 340 g/mol. The molecule has 4 rings (SSSR count). The van der Waals surface area contributed by atoms with Crippen molar-refractivity contribution in [2.75, 3.05) is 0 Å². The third-order valence-electron chi connectivity index (χ3n) is 3.97. The summed E-state index contributed by atoms with van der Waals surface area (Å²) in [6.45, 7) is 3.75. The molecule has 3 aromatic heterocycles. The molecule has 24 heavy (non-hydrogen) atoms. The van der Waals surface area contributed by atoms with Crippen LogP contribution in [0.3, 0.4) is 0 Å². The van der Waals surface area contributed by atoms with Gasteiger partial charge in [0, 0.05) is 12.4 Å². The number of aromatic nitrogens is 4. The summed E-state index contributed by atoms with van der Waals surface area (Å²) >= 11 is 1.39. The summed E-state index contributed by atoms with van der Waals surface area (Å²) in [7, 11) is 1.87. The number of rotatable bonds is 3. The molecule has 0 aliphatic carbocycles. The highest BCUT2D eigenvalue weighted by Gasteiger charge is 2.20. The number of aryl methyl sites for hydroxylation is 2. The van der Waals surface area contributed by atoms with E-state index < -0.39 is 6.10 Å². The first kappa shape index (κ1) is 14.9. The minimum Gasteiger partial charge on any atom is -0.450 e. The number of benzene rings is 1. The molecule has 0 unspecified atom stereocenters. The number of fused-ring (bicyclic) bond motifs is 2. The summed E-state index contributed by atoms with van der Waals surface area (Å²) in [4.78, 5) is 21.7. The van der Waals surface area contributed by atoms with E-state index in [-0.39, 0.29) is 5.97 Å². The lowest BCUT2D eigenvalue weighted by atomic mass is 10.3. The first-order chi connectivity index (χ1) is 11.5. The molecule has 122 valence electrons. The van der Waals surface area contributed by atoms with Crippen molar-refractivity contribution in [1.82, 2.24) is 19.7 Å². The highest BCUT2D eigenvalue weighted by molar-refractivity contribution is 7.20. The lowest BCUT2D eigenvalue weighted by Gasteiger charge is -2.09. The molecule has 1 aromatic carbocycles. The molecule has 0 bridgehead atoms. The molecule has 0 saturated heterocycles. The van der Waals surface area contributed by atoms with E-state index in [0.717, 1.165) is 26.9 Å². The second-order valence-corrected chi connectivity index (χ2v) is 6.76. The number of ether oxygens (including phenoxy) is 1. The van der Waals surface area contributed by atoms with Crippen molar-refractivity contribution in [3.05, 3.63) is 46.7 Å². The number of thiophene rings is 1. The molecule has 7 heteroatoms. The van der Waals surface area contributed by atoms with Crippen LogP contribution < -0.4 is 0 Å². The van der Waals surface area contributed by atoms with Crippen molar-refractivity contribution in [3.8, 4) is 0 Å². The van der Waals surface area contributed by atoms with Crippen LogP contribution >= 0.6 is 11.3 Å². The van der Waals surface area contributed by atoms with Gasteiger partial charge in [0.05, 0.1) is 16.7 Å². The van der Waals surface area contributed by atoms with Gasteiger partial charge in [-0.3, -0.25) is 4.68 Å². The summed E-state index contributed by atoms with van der Waals surface area (Å²) in [6.07, 6.45) is -0.450. The minimum absolute atomic E-state index is 0.344. The van der Waals surface area contributed by atoms with E-state index >= 15 is 0 Å². The summed E-state index contributed by atoms with van der Waals surface area (Å²) in [5.74, 6) is 0.298. The topological polar surface area (TPSA) is 72.8 Å². The number of para-hydroxylation sites is 2. The van der Waals surface area contributed by atoms with Crippen molar-refractivity contribution in [3.63, 3.8) is 0 Å². The van der Waals surface area contributed by atoms with Crippen molar-refractivity contribution < 1.29 is 9.53 Å². The number of esters is 1. The molecule has 0 aliphatic rings. The van der Waals surface area contributed by atoms with Crippen molar-refractivity contribution in [2.45, 2.75) is 20.0 Å². The summed E-state index contributed by atoms with van der Waals surface area (Å²) < 4.78 is 7.37. The molecule has 4 aromatic rings. The van der Waals surface area contributed by atoms with Gasteiger partial charge in [0.2, 0.25) is 0 Å². The summed E-state index contributed by atoms with van der Waals surface area (Å²) in [5, 5.41) is 5.33. The Kier molecular flexibility index (Phi) is 3.38. The summed E-state index contributed by atoms with van der Waals surface area (Å²) in [6, 6.07) is 9.58. The largest absolute Gasteiger partial charge is 0.450 e. The molecule has 3 heterocycles. The smallest absolute Gasteiger partial charge is 0.349 e. The van der Waals surface area contributed by atoms with Crippen molar-refractivity contribution >= 4 is 38.6 Å². The molecule has 6 nitrogen and oxygen atoms in total. The number of nitrogens with one attached hydrogen (secondary N) is 1. The van der Waals surface area contributed by atoms with Crippen molar-refractivity contribution in [2.24, 2.45) is 7.05 Å². The van der Waals surface area contributed by atoms with Crippen LogP contribution in [0.4, 0.5) is 0 Å². The van der Waals surface area contributed by atoms with Gasteiger partial charge in [-0.05, 0) is 32.0 Å². The number of imidazole rings is 1. The van der Waals surface area contributed by atoms with Gasteiger partial charge in [0.1, 0.15) is 15.5 Å². The van der Waals surface area contributed by atoms with Gasteiger partial charge in [-0.2, -0.15) is 5.10 Å². The highest BCUT2D eigenvalue weighted by atomic mass is 32.1. The number of H-pyrrole nitrogens is 1. The zero-order chi connectivity index (χ0) is 16.8. The predicted molar refractivity (Wildman–Crippen MR) is 93.3 cm³/mol. The van der Waals surface area contributed by atoms with Gasteiger partial charge < -0.3 is 9.72 Å². The zero-order valence-corrected chi connectivity index (χ0v) is 14.3. The van der Waals surface area contributed by atoms with Crippen LogP contribution in [-0.2, 0) is 11.8 Å². The molecule has 0 amide bonds. The molecule has 0 fully saturated rings. The van der Waals surface area contributed by atoms with E-state index in [4.69, 9.17) is 4.74 Å². The van der Waals surface area contributed by atoms with Crippen molar-refractivity contribution in [1.29, 1.82) is 0 Å². The Morgan fingerprint density at radius 3 is 2.92 bits per heavy atom. The Bertz CT molecular complexity index is 992. The fraction of sp³-hybridized carbons (Fsp3) is 0.235. The third-order valence-corrected chi connectivity index (χ3v) is 5.16. The number of carbonyl (C=O) groups excluding carboxylic acids is 1. The number of hydrogen-bond acceptors (Lipinski definition) is 5. The molecule has 0 spiro atoms. The average molecular weight is 340 g/mol. The van der Waals surface area contributed by atoms with E-state index in [1.807, 2.05) is 51.2 Å². The van der Waals surface area contributed by atoms with Gasteiger partial charge in [-0.25, -0.2) is 9.78 Å². The molecule has 1 N–H and O–H groups in total. The first-order valence-electron chi connectivity index (χ1n) is 7.61. The normalized spacial score (nSPS) is 12.8. The van der Waals surface area contributed by atoms with Gasteiger partial charge in [-0.1, -0.05) is 12.1 Å². The number of hydrogen-bond donors (Lipinski definition) is 1. The number of aromatic amines is 1. The maximum absolute atomic E-state index is 12.5. The van der Waals surface area contributed by atoms with Crippen LogP contribution in [0.2, 0.25) is 0 Å². The molecule has 0 saturated carbocycles. The van der Waals surface area contributed by atoms with Crippen LogP contribution in [0.5, 0.6) is 0 Å². The molecule has 1 atom stereocenters. The average Bonchev–Trinajstić information content (AvgIpc) is 3.23. The van der Waals surface area contributed by atoms with Crippen LogP contribution in [-0.4, -0.2) is 25.7 Å². The minimum atomic E-state index is -0.450. The van der Waals surface area contributed by atoms with Gasteiger partial charge in [0.25, 0.3) is 0 Å². The Morgan fingerprint density at radius 2 is 2.17 bits per heavy atom. The zero-order valence-electron chi connectivity index (χ0n) is 13.5. The van der Waals surface area contributed by atoms with Gasteiger partial charge in [-0.15, -0.1) is 11.3 Å². The van der Waals surface area contributed by atoms with Crippen LogP contribution in [0.25, 0.3) is 21.3 Å². The standard InChI is InChI=1S/C17H16N4O2S/c1-9-11-8-14(24-16(11)21(3)20-9)17(22)23-10(2)15-18-12-6-4-5-7-13(12)19-15/h4-8,10H,1-3H3,(H,18,19)/t10-/m0/s1. The molecular weight excluding hydrogens is 324 g/mol. The number of carbonyl (C=O) groups is 1. The Balaban J connectivity index is 1.58. The van der Waals surface area contributed by atoms with Crippen LogP contribution in [0.15, 0.2) is 30.3 Å². The second kappa shape index (κ2) is 5.45.